The Morgan fingerprint density at radius 1 is 1.02 bits per heavy atom. The van der Waals surface area contributed by atoms with E-state index >= 15 is 0 Å². The van der Waals surface area contributed by atoms with Gasteiger partial charge in [0.2, 0.25) is 0 Å². The zero-order valence-corrected chi connectivity index (χ0v) is 24.7. The molecule has 41 heavy (non-hydrogen) atoms. The molecule has 0 amide bonds. The van der Waals surface area contributed by atoms with Crippen molar-refractivity contribution in [1.29, 1.82) is 0 Å². The lowest BCUT2D eigenvalue weighted by Gasteiger charge is -2.31. The average molecular weight is 560 g/mol. The van der Waals surface area contributed by atoms with Gasteiger partial charge in [-0.1, -0.05) is 20.8 Å². The minimum Gasteiger partial charge on any atom is -0.497 e. The molecule has 1 fully saturated rings. The zero-order valence-electron chi connectivity index (χ0n) is 24.7. The van der Waals surface area contributed by atoms with Gasteiger partial charge in [0.15, 0.2) is 0 Å². The van der Waals surface area contributed by atoms with E-state index in [2.05, 4.69) is 46.0 Å². The number of hydrogen-bond acceptors (Lipinski definition) is 8. The highest BCUT2D eigenvalue weighted by Crippen LogP contribution is 2.33. The molecule has 1 aliphatic rings. The molecule has 1 saturated heterocycles. The molecule has 0 bridgehead atoms. The SMILES string of the molecule is CCN1CCC(n2cc(-c3cnc4ccc(N(CCNC(C)C)c5cc(OC)cc(OC)c5)cn4c3=O)cn2)CC1. The van der Waals surface area contributed by atoms with Gasteiger partial charge in [-0.25, -0.2) is 4.98 Å². The van der Waals surface area contributed by atoms with Crippen LogP contribution in [-0.2, 0) is 0 Å². The number of nitrogens with one attached hydrogen (secondary N) is 1. The highest BCUT2D eigenvalue weighted by Gasteiger charge is 2.21. The lowest BCUT2D eigenvalue weighted by Crippen LogP contribution is -2.34. The van der Waals surface area contributed by atoms with Gasteiger partial charge in [0, 0.05) is 80.3 Å². The van der Waals surface area contributed by atoms with Gasteiger partial charge >= 0.3 is 0 Å². The van der Waals surface area contributed by atoms with Gasteiger partial charge in [-0.2, -0.15) is 5.10 Å². The molecule has 3 aromatic heterocycles. The van der Waals surface area contributed by atoms with Gasteiger partial charge in [-0.15, -0.1) is 0 Å². The number of benzene rings is 1. The molecule has 0 aliphatic carbocycles. The number of pyridine rings is 1. The Labute approximate surface area is 241 Å². The zero-order chi connectivity index (χ0) is 28.9. The van der Waals surface area contributed by atoms with Crippen molar-refractivity contribution in [3.63, 3.8) is 0 Å². The van der Waals surface area contributed by atoms with E-state index in [9.17, 15) is 4.79 Å². The summed E-state index contributed by atoms with van der Waals surface area (Å²) in [6.07, 6.45) is 9.42. The minimum atomic E-state index is -0.124. The first-order valence-corrected chi connectivity index (χ1v) is 14.4. The summed E-state index contributed by atoms with van der Waals surface area (Å²) in [4.78, 5) is 23.1. The van der Waals surface area contributed by atoms with Crippen LogP contribution in [0.4, 0.5) is 11.4 Å². The summed E-state index contributed by atoms with van der Waals surface area (Å²) in [6, 6.07) is 10.4. The fourth-order valence-electron chi connectivity index (χ4n) is 5.42. The number of ether oxygens (including phenoxy) is 2. The van der Waals surface area contributed by atoms with Crippen molar-refractivity contribution in [2.45, 2.75) is 45.7 Å². The molecular formula is C31H41N7O3. The van der Waals surface area contributed by atoms with Crippen LogP contribution in [-0.4, -0.2) is 77.1 Å². The fourth-order valence-corrected chi connectivity index (χ4v) is 5.42. The molecule has 0 atom stereocenters. The molecule has 5 rings (SSSR count). The monoisotopic (exact) mass is 559 g/mol. The van der Waals surface area contributed by atoms with Crippen LogP contribution in [0, 0.1) is 0 Å². The Morgan fingerprint density at radius 2 is 1.76 bits per heavy atom. The van der Waals surface area contributed by atoms with Gasteiger partial charge in [0.05, 0.1) is 37.7 Å². The minimum absolute atomic E-state index is 0.124. The third-order valence-corrected chi connectivity index (χ3v) is 7.82. The summed E-state index contributed by atoms with van der Waals surface area (Å²) < 4.78 is 14.7. The Kier molecular flexibility index (Phi) is 8.90. The molecule has 1 aromatic carbocycles. The fraction of sp³-hybridized carbons (Fsp3) is 0.452. The van der Waals surface area contributed by atoms with E-state index in [0.29, 0.717) is 41.3 Å². The van der Waals surface area contributed by atoms with Crippen molar-refractivity contribution in [3.05, 3.63) is 65.5 Å². The second-order valence-corrected chi connectivity index (χ2v) is 10.8. The van der Waals surface area contributed by atoms with Crippen molar-refractivity contribution in [2.75, 3.05) is 51.8 Å². The van der Waals surface area contributed by atoms with Crippen molar-refractivity contribution < 1.29 is 9.47 Å². The standard InChI is InChI=1S/C31H41N7O3/c1-6-35-12-9-24(10-13-35)38-20-23(18-34-38)29-19-33-30-8-7-25(21-37(30)31(29)39)36(14-11-32-22(2)3)26-15-27(40-4)17-28(16-26)41-5/h7-8,15-22,24,32H,6,9-14H2,1-5H3. The van der Waals surface area contributed by atoms with Crippen LogP contribution in [0.5, 0.6) is 11.5 Å². The topological polar surface area (TPSA) is 89.2 Å². The summed E-state index contributed by atoms with van der Waals surface area (Å²) in [5.41, 5.74) is 3.55. The summed E-state index contributed by atoms with van der Waals surface area (Å²) in [7, 11) is 3.28. The summed E-state index contributed by atoms with van der Waals surface area (Å²) in [5.74, 6) is 1.39. The Morgan fingerprint density at radius 3 is 2.41 bits per heavy atom. The number of piperidine rings is 1. The van der Waals surface area contributed by atoms with E-state index in [-0.39, 0.29) is 5.56 Å². The lowest BCUT2D eigenvalue weighted by atomic mass is 10.1. The molecule has 1 aliphatic heterocycles. The molecule has 10 nitrogen and oxygen atoms in total. The van der Waals surface area contributed by atoms with E-state index < -0.39 is 0 Å². The van der Waals surface area contributed by atoms with Gasteiger partial charge in [-0.3, -0.25) is 13.9 Å². The van der Waals surface area contributed by atoms with Gasteiger partial charge < -0.3 is 24.6 Å². The van der Waals surface area contributed by atoms with E-state index in [1.54, 1.807) is 31.0 Å². The first-order chi connectivity index (χ1) is 19.9. The largest absolute Gasteiger partial charge is 0.497 e. The number of nitrogens with zero attached hydrogens (tertiary/aromatic N) is 6. The van der Waals surface area contributed by atoms with Crippen molar-refractivity contribution in [1.82, 2.24) is 29.4 Å². The Hall–Kier alpha value is -3.89. The van der Waals surface area contributed by atoms with E-state index in [4.69, 9.17) is 9.47 Å². The molecule has 10 heteroatoms. The predicted octanol–water partition coefficient (Wildman–Crippen LogP) is 4.37. The first kappa shape index (κ1) is 28.6. The molecule has 0 spiro atoms. The van der Waals surface area contributed by atoms with Gasteiger partial charge in [0.1, 0.15) is 17.1 Å². The van der Waals surface area contributed by atoms with Gasteiger partial charge in [0.25, 0.3) is 5.56 Å². The molecule has 1 N–H and O–H groups in total. The Bertz CT molecular complexity index is 1500. The first-order valence-electron chi connectivity index (χ1n) is 14.4. The molecule has 4 heterocycles. The maximum Gasteiger partial charge on any atom is 0.265 e. The average Bonchev–Trinajstić information content (AvgIpc) is 3.49. The van der Waals surface area contributed by atoms with Crippen LogP contribution in [0.1, 0.15) is 39.7 Å². The molecule has 0 radical (unpaired) electrons. The van der Waals surface area contributed by atoms with Crippen molar-refractivity contribution in [3.8, 4) is 22.6 Å². The molecule has 4 aromatic rings. The molecule has 0 unspecified atom stereocenters. The number of likely N-dealkylation sites (tertiary alicyclic amines) is 1. The number of anilines is 2. The van der Waals surface area contributed by atoms with Crippen molar-refractivity contribution >= 4 is 17.0 Å². The van der Waals surface area contributed by atoms with E-state index in [1.165, 1.54) is 0 Å². The highest BCUT2D eigenvalue weighted by atomic mass is 16.5. The van der Waals surface area contributed by atoms with Crippen LogP contribution < -0.4 is 25.2 Å². The summed E-state index contributed by atoms with van der Waals surface area (Å²) in [6.45, 7) is 11.1. The van der Waals surface area contributed by atoms with Crippen molar-refractivity contribution in [2.24, 2.45) is 0 Å². The number of methoxy groups -OCH3 is 2. The number of rotatable bonds is 11. The van der Waals surface area contributed by atoms with Gasteiger partial charge in [-0.05, 0) is 31.5 Å². The number of hydrogen-bond donors (Lipinski definition) is 1. The van der Waals surface area contributed by atoms with Crippen LogP contribution in [0.3, 0.4) is 0 Å². The van der Waals surface area contributed by atoms with E-state index in [0.717, 1.165) is 56.0 Å². The van der Waals surface area contributed by atoms with E-state index in [1.807, 2.05) is 47.4 Å². The maximum absolute atomic E-state index is 13.8. The smallest absolute Gasteiger partial charge is 0.265 e. The Balaban J connectivity index is 1.49. The number of fused-ring (bicyclic) bond motifs is 1. The summed E-state index contributed by atoms with van der Waals surface area (Å²) in [5, 5.41) is 8.13. The summed E-state index contributed by atoms with van der Waals surface area (Å²) >= 11 is 0. The quantitative estimate of drug-likeness (QED) is 0.290. The molecule has 218 valence electrons. The molecular weight excluding hydrogens is 518 g/mol. The van der Waals surface area contributed by atoms with Crippen LogP contribution >= 0.6 is 0 Å². The normalized spacial score (nSPS) is 14.6. The highest BCUT2D eigenvalue weighted by molar-refractivity contribution is 5.68. The van der Waals surface area contributed by atoms with Crippen LogP contribution in [0.2, 0.25) is 0 Å². The lowest BCUT2D eigenvalue weighted by molar-refractivity contribution is 0.187. The second kappa shape index (κ2) is 12.7. The third kappa shape index (κ3) is 6.39. The number of aromatic nitrogens is 4. The van der Waals surface area contributed by atoms with Crippen LogP contribution in [0.15, 0.2) is 59.9 Å². The second-order valence-electron chi connectivity index (χ2n) is 10.8. The molecule has 0 saturated carbocycles. The van der Waals surface area contributed by atoms with Crippen LogP contribution in [0.25, 0.3) is 16.8 Å². The third-order valence-electron chi connectivity index (χ3n) is 7.82. The predicted molar refractivity (Wildman–Crippen MR) is 163 cm³/mol. The maximum atomic E-state index is 13.8.